The molecule has 10 amide bonds. The van der Waals surface area contributed by atoms with E-state index in [0.29, 0.717) is 32.9 Å². The highest BCUT2D eigenvalue weighted by Gasteiger charge is 2.48. The van der Waals surface area contributed by atoms with Crippen LogP contribution in [0.4, 0.5) is 0 Å². The Kier molecular flexibility index (Phi) is 22.8. The van der Waals surface area contributed by atoms with Crippen LogP contribution in [0.1, 0.15) is 77.8 Å². The number of aromatic nitrogens is 2. The van der Waals surface area contributed by atoms with Crippen LogP contribution in [0.5, 0.6) is 0 Å². The van der Waals surface area contributed by atoms with Gasteiger partial charge >= 0.3 is 11.9 Å². The molecular formula is C59H77N13O19. The van der Waals surface area contributed by atoms with Crippen molar-refractivity contribution in [3.05, 3.63) is 77.7 Å². The van der Waals surface area contributed by atoms with Crippen LogP contribution in [0.3, 0.4) is 0 Å². The van der Waals surface area contributed by atoms with E-state index in [0.717, 1.165) is 30.6 Å². The number of benzene rings is 2. The average Bonchev–Trinajstić information content (AvgIpc) is 1.91. The van der Waals surface area contributed by atoms with E-state index in [-0.39, 0.29) is 19.4 Å². The Morgan fingerprint density at radius 2 is 1.30 bits per heavy atom. The first kappa shape index (κ1) is 69.1. The molecule has 0 spiro atoms. The normalized spacial score (nSPS) is 27.0. The summed E-state index contributed by atoms with van der Waals surface area (Å²) < 4.78 is 5.75. The van der Waals surface area contributed by atoms with Gasteiger partial charge < -0.3 is 103 Å². The molecule has 15 atom stereocenters. The summed E-state index contributed by atoms with van der Waals surface area (Å²) in [5.41, 5.74) is 7.08. The first-order valence-electron chi connectivity index (χ1n) is 29.4. The quantitative estimate of drug-likeness (QED) is 0.0440. The van der Waals surface area contributed by atoms with E-state index in [1.807, 2.05) is 5.32 Å². The number of carbonyl (C=O) groups is 12. The summed E-state index contributed by atoms with van der Waals surface area (Å²) >= 11 is 0. The number of para-hydroxylation sites is 2. The predicted octanol–water partition coefficient (Wildman–Crippen LogP) is -4.98. The van der Waals surface area contributed by atoms with Crippen molar-refractivity contribution in [1.82, 2.24) is 62.3 Å². The molecule has 3 aliphatic heterocycles. The third-order valence-corrected chi connectivity index (χ3v) is 16.2. The van der Waals surface area contributed by atoms with Gasteiger partial charge in [-0.05, 0) is 63.3 Å². The van der Waals surface area contributed by atoms with Crippen LogP contribution in [0, 0.1) is 5.92 Å². The van der Waals surface area contributed by atoms with Gasteiger partial charge in [-0.1, -0.05) is 57.2 Å². The summed E-state index contributed by atoms with van der Waals surface area (Å²) in [5, 5.41) is 84.7. The maximum Gasteiger partial charge on any atom is 0.331 e. The zero-order chi connectivity index (χ0) is 66.9. The second kappa shape index (κ2) is 30.0. The number of cyclic esters (lactones) is 1. The van der Waals surface area contributed by atoms with Gasteiger partial charge in [0.25, 0.3) is 5.91 Å². The largest absolute Gasteiger partial charge is 0.481 e. The molecular weight excluding hydrogens is 1190 g/mol. The number of nitrogens with zero attached hydrogens (tertiary/aromatic N) is 2. The number of aliphatic carboxylic acids is 1. The van der Waals surface area contributed by atoms with Crippen LogP contribution in [0.2, 0.25) is 0 Å². The topological polar surface area (TPSA) is 496 Å². The van der Waals surface area contributed by atoms with E-state index in [1.54, 1.807) is 61.7 Å². The third-order valence-electron chi connectivity index (χ3n) is 16.2. The molecule has 3 fully saturated rings. The van der Waals surface area contributed by atoms with Crippen molar-refractivity contribution in [3.8, 4) is 0 Å². The number of aliphatic hydroxyl groups is 5. The molecule has 18 N–H and O–H groups in total. The molecule has 3 saturated heterocycles. The van der Waals surface area contributed by atoms with Crippen molar-refractivity contribution >= 4 is 98.9 Å². The summed E-state index contributed by atoms with van der Waals surface area (Å²) in [5.74, 6) is -16.5. The van der Waals surface area contributed by atoms with E-state index in [2.05, 4.69) is 47.2 Å². The van der Waals surface area contributed by atoms with Crippen LogP contribution in [-0.2, 0) is 62.3 Å². The minimum Gasteiger partial charge on any atom is -0.481 e. The van der Waals surface area contributed by atoms with Crippen LogP contribution in [0.15, 0.2) is 66.6 Å². The number of aliphatic hydroxyl groups excluding tert-OH is 5. The molecule has 2 aromatic heterocycles. The number of nitrogens with two attached hydrogens (primary N) is 1. The minimum atomic E-state index is -2.19. The number of carboxylic acid groups (broad SMARTS) is 1. The number of rotatable bonds is 13. The van der Waals surface area contributed by atoms with Crippen molar-refractivity contribution in [2.24, 2.45) is 11.7 Å². The Bertz CT molecular complexity index is 3460. The fraction of sp³-hybridized carbons (Fsp3) is 0.492. The van der Waals surface area contributed by atoms with Crippen molar-refractivity contribution in [2.45, 2.75) is 152 Å². The lowest BCUT2D eigenvalue weighted by atomic mass is 9.91. The van der Waals surface area contributed by atoms with Crippen LogP contribution < -0.4 is 48.3 Å². The number of carbonyl (C=O) groups excluding carboxylic acids is 11. The number of esters is 1. The smallest absolute Gasteiger partial charge is 0.331 e. The molecule has 0 saturated carbocycles. The summed E-state index contributed by atoms with van der Waals surface area (Å²) in [6.45, 7) is 5.17. The Morgan fingerprint density at radius 3 is 1.93 bits per heavy atom. The molecule has 32 nitrogen and oxygen atoms in total. The monoisotopic (exact) mass is 1270 g/mol. The number of hydrogen-bond donors (Lipinski definition) is 17. The number of fused-ring (bicyclic) bond motifs is 4. The Balaban J connectivity index is 1.33. The van der Waals surface area contributed by atoms with Crippen molar-refractivity contribution in [3.63, 3.8) is 0 Å². The van der Waals surface area contributed by atoms with E-state index in [9.17, 15) is 78.6 Å². The average molecular weight is 1270 g/mol. The van der Waals surface area contributed by atoms with Gasteiger partial charge in [0.15, 0.2) is 6.04 Å². The third kappa shape index (κ3) is 16.2. The first-order valence-corrected chi connectivity index (χ1v) is 29.4. The Morgan fingerprint density at radius 1 is 0.714 bits per heavy atom. The minimum absolute atomic E-state index is 0.166. The van der Waals surface area contributed by atoms with Gasteiger partial charge in [0.05, 0.1) is 50.0 Å². The van der Waals surface area contributed by atoms with Gasteiger partial charge in [-0.15, -0.1) is 0 Å². The van der Waals surface area contributed by atoms with Gasteiger partial charge in [-0.25, -0.2) is 4.79 Å². The molecule has 0 bridgehead atoms. The van der Waals surface area contributed by atoms with Crippen LogP contribution in [-0.4, -0.2) is 233 Å². The van der Waals surface area contributed by atoms with Gasteiger partial charge in [-0.3, -0.25) is 52.7 Å². The number of amides is 10. The van der Waals surface area contributed by atoms with E-state index in [4.69, 9.17) is 10.5 Å². The predicted molar refractivity (Wildman–Crippen MR) is 319 cm³/mol. The Hall–Kier alpha value is -9.34. The van der Waals surface area contributed by atoms with E-state index in [1.165, 1.54) is 26.1 Å². The maximum atomic E-state index is 15.4. The highest BCUT2D eigenvalue weighted by atomic mass is 16.5. The number of hydrogen-bond acceptors (Lipinski definition) is 19. The lowest BCUT2D eigenvalue weighted by Gasteiger charge is -2.33. The molecule has 3 aliphatic rings. The van der Waals surface area contributed by atoms with Crippen molar-refractivity contribution < 1.29 is 92.9 Å². The van der Waals surface area contributed by atoms with Gasteiger partial charge in [-0.2, -0.15) is 0 Å². The molecule has 2 aromatic carbocycles. The number of ether oxygens (including phenoxy) is 1. The maximum absolute atomic E-state index is 15.4. The van der Waals surface area contributed by atoms with Gasteiger partial charge in [0.1, 0.15) is 54.1 Å². The lowest BCUT2D eigenvalue weighted by molar-refractivity contribution is -0.162. The van der Waals surface area contributed by atoms with Crippen LogP contribution >= 0.6 is 0 Å². The molecule has 15 unspecified atom stereocenters. The molecule has 5 heterocycles. The summed E-state index contributed by atoms with van der Waals surface area (Å²) in [6, 6.07) is -3.00. The summed E-state index contributed by atoms with van der Waals surface area (Å²) in [6.07, 6.45) is -5.75. The second-order valence-electron chi connectivity index (χ2n) is 23.1. The summed E-state index contributed by atoms with van der Waals surface area (Å²) in [7, 11) is 0. The van der Waals surface area contributed by atoms with Crippen molar-refractivity contribution in [1.29, 1.82) is 0 Å². The fourth-order valence-electron chi connectivity index (χ4n) is 10.9. The standard InChI is InChI=1S/C59H77N13O19/c1-25(2)49(80)46-56(87)67-43(26(3)33-22-62-36-14-10-8-12-32(33)36)53(84)65-37(19-30-21-61-35-13-9-7-11-31(30)35)58(89)72-18-16-40(76)48(72)59(90)91-29(6)45(69-52(83)38(24-73)66-51(82)34(60)20-42(78)79)55(86)68-44(28(5)74)54(85)64-27(4)50(81)63-23-41(77)71-17-15-39(75)47(71)57(88)70-46/h7-14,19,21-22,25-29,34,38-40,43-49,61-62,73-76,80H,15-18,20,23-24,60H2,1-6H3,(H,63,81)(H,64,85)(H,65,84)(H,66,82)(H,67,87)(H,68,86)(H,69,83)(H,70,88)(H,78,79)/b37-19+. The highest BCUT2D eigenvalue weighted by molar-refractivity contribution is 6.07. The molecule has 492 valence electrons. The number of nitrogens with one attached hydrogen (secondary N) is 10. The van der Waals surface area contributed by atoms with E-state index >= 15 is 9.59 Å². The fourth-order valence-corrected chi connectivity index (χ4v) is 10.9. The van der Waals surface area contributed by atoms with E-state index < -0.39 is 200 Å². The molecule has 7 rings (SSSR count). The number of aromatic amines is 2. The molecule has 32 heteroatoms. The highest BCUT2D eigenvalue weighted by Crippen LogP contribution is 2.30. The van der Waals surface area contributed by atoms with Gasteiger partial charge in [0.2, 0.25) is 53.2 Å². The molecule has 0 radical (unpaired) electrons. The lowest BCUT2D eigenvalue weighted by Crippen LogP contribution is -2.64. The van der Waals surface area contributed by atoms with Gasteiger partial charge in [0, 0.05) is 58.8 Å². The Labute approximate surface area is 519 Å². The molecule has 91 heavy (non-hydrogen) atoms. The second-order valence-corrected chi connectivity index (χ2v) is 23.1. The number of carboxylic acids is 1. The SMILES string of the molecule is CC1NC(=O)C(C(C)O)NC(=O)C(NC(=O)C(CO)NC(=O)C(N)CC(=O)O)C(C)OC(=O)C2C(O)CCN2C(=O)/C(=C\c2c[nH]c3ccccc23)NC(=O)C(C(C)c2c[nH]c3ccccc23)NC(=O)C(C(O)C(C)C)NC(=O)C2C(O)CCN2C(=O)CNC1=O. The molecule has 0 aliphatic carbocycles. The first-order chi connectivity index (χ1) is 43.0. The van der Waals surface area contributed by atoms with Crippen LogP contribution in [0.25, 0.3) is 27.9 Å². The van der Waals surface area contributed by atoms with Crippen molar-refractivity contribution in [2.75, 3.05) is 26.2 Å². The summed E-state index contributed by atoms with van der Waals surface area (Å²) in [4.78, 5) is 177. The zero-order valence-electron chi connectivity index (χ0n) is 50.5. The zero-order valence-corrected chi connectivity index (χ0v) is 50.5. The number of H-pyrrole nitrogens is 2. The molecule has 4 aromatic rings.